The Morgan fingerprint density at radius 3 is 2.60 bits per heavy atom. The average molecular weight is 510 g/mol. The molecule has 35 heavy (non-hydrogen) atoms. The van der Waals surface area contributed by atoms with Crippen molar-refractivity contribution in [1.82, 2.24) is 4.98 Å². The first-order chi connectivity index (χ1) is 17.0. The van der Waals surface area contributed by atoms with Crippen molar-refractivity contribution in [2.75, 3.05) is 24.9 Å². The first kappa shape index (κ1) is 24.4. The van der Waals surface area contributed by atoms with E-state index >= 15 is 0 Å². The lowest BCUT2D eigenvalue weighted by Crippen LogP contribution is -2.22. The van der Waals surface area contributed by atoms with Crippen molar-refractivity contribution in [1.29, 1.82) is 0 Å². The second-order valence-corrected chi connectivity index (χ2v) is 9.59. The molecule has 0 saturated heterocycles. The fraction of sp³-hybridized carbons (Fsp3) is 0.160. The number of nitrogens with one attached hydrogen (secondary N) is 2. The van der Waals surface area contributed by atoms with Gasteiger partial charge in [0, 0.05) is 21.5 Å². The van der Waals surface area contributed by atoms with Gasteiger partial charge in [-0.05, 0) is 55.5 Å². The van der Waals surface area contributed by atoms with Crippen LogP contribution in [0.4, 0.5) is 10.8 Å². The lowest BCUT2D eigenvalue weighted by Gasteiger charge is -2.12. The maximum atomic E-state index is 12.8. The molecule has 2 N–H and O–H groups in total. The number of amides is 2. The maximum Gasteiger partial charge on any atom is 0.291 e. The van der Waals surface area contributed by atoms with Crippen LogP contribution in [-0.2, 0) is 4.79 Å². The van der Waals surface area contributed by atoms with Crippen molar-refractivity contribution in [2.45, 2.75) is 17.1 Å². The van der Waals surface area contributed by atoms with Crippen molar-refractivity contribution in [3.8, 4) is 22.8 Å². The Kier molecular flexibility index (Phi) is 7.74. The van der Waals surface area contributed by atoms with E-state index < -0.39 is 0 Å². The lowest BCUT2D eigenvalue weighted by atomic mass is 10.1. The molecule has 0 spiro atoms. The summed E-state index contributed by atoms with van der Waals surface area (Å²) in [4.78, 5) is 30.4. The van der Waals surface area contributed by atoms with E-state index in [1.54, 1.807) is 32.4 Å². The highest BCUT2D eigenvalue weighted by Gasteiger charge is 2.18. The molecule has 0 fully saturated rings. The summed E-state index contributed by atoms with van der Waals surface area (Å²) in [6.07, 6.45) is 1.45. The van der Waals surface area contributed by atoms with Crippen LogP contribution in [0.25, 0.3) is 11.3 Å². The second-order valence-electron chi connectivity index (χ2n) is 7.32. The number of carbonyl (C=O) groups excluding carboxylic acids is 2. The largest absolute Gasteiger partial charge is 0.493 e. The molecule has 180 valence electrons. The molecular formula is C25H23N3O5S2. The van der Waals surface area contributed by atoms with Gasteiger partial charge in [-0.3, -0.25) is 9.59 Å². The van der Waals surface area contributed by atoms with Gasteiger partial charge in [-0.2, -0.15) is 0 Å². The number of benzene rings is 2. The number of furan rings is 1. The summed E-state index contributed by atoms with van der Waals surface area (Å²) in [7, 11) is 3.16. The molecule has 4 aromatic rings. The van der Waals surface area contributed by atoms with Crippen LogP contribution in [0.1, 0.15) is 17.5 Å². The van der Waals surface area contributed by atoms with E-state index in [9.17, 15) is 9.59 Å². The van der Waals surface area contributed by atoms with Crippen LogP contribution in [0.15, 0.2) is 75.6 Å². The number of rotatable bonds is 9. The minimum atomic E-state index is -0.389. The Bertz CT molecular complexity index is 1320. The number of hydrogen-bond acceptors (Lipinski definition) is 8. The van der Waals surface area contributed by atoms with Crippen LogP contribution < -0.4 is 20.1 Å². The summed E-state index contributed by atoms with van der Waals surface area (Å²) in [5.74, 6) is 0.962. The number of aromatic nitrogens is 1. The summed E-state index contributed by atoms with van der Waals surface area (Å²) in [5, 5.41) is 7.66. The second kappa shape index (κ2) is 11.1. The van der Waals surface area contributed by atoms with Gasteiger partial charge in [0.2, 0.25) is 5.91 Å². The lowest BCUT2D eigenvalue weighted by molar-refractivity contribution is -0.115. The zero-order valence-corrected chi connectivity index (χ0v) is 20.9. The molecule has 0 bridgehead atoms. The fourth-order valence-electron chi connectivity index (χ4n) is 3.17. The van der Waals surface area contributed by atoms with Crippen LogP contribution in [0, 0.1) is 0 Å². The van der Waals surface area contributed by atoms with Crippen LogP contribution in [-0.4, -0.2) is 36.3 Å². The number of nitrogens with zero attached hydrogens (tertiary/aromatic N) is 1. The van der Waals surface area contributed by atoms with Crippen LogP contribution >= 0.6 is 23.1 Å². The molecular weight excluding hydrogens is 486 g/mol. The number of methoxy groups -OCH3 is 2. The molecule has 1 atom stereocenters. The molecule has 0 saturated carbocycles. The molecule has 1 unspecified atom stereocenters. The topological polar surface area (TPSA) is 103 Å². The van der Waals surface area contributed by atoms with Crippen molar-refractivity contribution in [3.63, 3.8) is 0 Å². The fourth-order valence-corrected chi connectivity index (χ4v) is 4.82. The maximum absolute atomic E-state index is 12.8. The first-order valence-electron chi connectivity index (χ1n) is 10.6. The van der Waals surface area contributed by atoms with E-state index in [-0.39, 0.29) is 22.8 Å². The SMILES string of the molecule is COc1ccc(-c2csc(NC(=O)C(C)Sc3cccc(NC(=O)c4ccco4)c3)n2)cc1OC. The number of ether oxygens (including phenoxy) is 2. The summed E-state index contributed by atoms with van der Waals surface area (Å²) >= 11 is 2.73. The highest BCUT2D eigenvalue weighted by molar-refractivity contribution is 8.00. The summed E-state index contributed by atoms with van der Waals surface area (Å²) < 4.78 is 15.7. The normalized spacial score (nSPS) is 11.5. The molecule has 2 heterocycles. The summed E-state index contributed by atoms with van der Waals surface area (Å²) in [5.41, 5.74) is 2.20. The molecule has 0 aliphatic carbocycles. The first-order valence-corrected chi connectivity index (χ1v) is 12.3. The third-order valence-corrected chi connectivity index (χ3v) is 6.78. The number of anilines is 2. The number of thioether (sulfide) groups is 1. The summed E-state index contributed by atoms with van der Waals surface area (Å²) in [6, 6.07) is 16.1. The van der Waals surface area contributed by atoms with Crippen LogP contribution in [0.5, 0.6) is 11.5 Å². The van der Waals surface area contributed by atoms with Gasteiger partial charge in [0.1, 0.15) is 0 Å². The number of thiazole rings is 1. The number of hydrogen-bond donors (Lipinski definition) is 2. The van der Waals surface area contributed by atoms with E-state index in [0.717, 1.165) is 16.2 Å². The molecule has 0 radical (unpaired) electrons. The van der Waals surface area contributed by atoms with Crippen LogP contribution in [0.3, 0.4) is 0 Å². The average Bonchev–Trinajstić information content (AvgIpc) is 3.56. The summed E-state index contributed by atoms with van der Waals surface area (Å²) in [6.45, 7) is 1.82. The Hall–Kier alpha value is -3.76. The minimum Gasteiger partial charge on any atom is -0.493 e. The van der Waals surface area contributed by atoms with Gasteiger partial charge in [-0.25, -0.2) is 4.98 Å². The van der Waals surface area contributed by atoms with E-state index in [2.05, 4.69) is 15.6 Å². The predicted octanol–water partition coefficient (Wildman–Crippen LogP) is 5.79. The molecule has 8 nitrogen and oxygen atoms in total. The molecule has 4 rings (SSSR count). The van der Waals surface area contributed by atoms with Gasteiger partial charge in [0.25, 0.3) is 5.91 Å². The molecule has 10 heteroatoms. The third-order valence-electron chi connectivity index (χ3n) is 4.93. The zero-order chi connectivity index (χ0) is 24.8. The zero-order valence-electron chi connectivity index (χ0n) is 19.2. The van der Waals surface area contributed by atoms with Gasteiger partial charge >= 0.3 is 0 Å². The Morgan fingerprint density at radius 2 is 1.86 bits per heavy atom. The van der Waals surface area contributed by atoms with Crippen molar-refractivity contribution < 1.29 is 23.5 Å². The van der Waals surface area contributed by atoms with Crippen molar-refractivity contribution >= 4 is 45.7 Å². The molecule has 0 aliphatic heterocycles. The van der Waals surface area contributed by atoms with E-state index in [1.807, 2.05) is 48.7 Å². The minimum absolute atomic E-state index is 0.173. The highest BCUT2D eigenvalue weighted by atomic mass is 32.2. The Labute approximate surface area is 210 Å². The van der Waals surface area contributed by atoms with Gasteiger partial charge in [0.15, 0.2) is 22.4 Å². The Balaban J connectivity index is 1.37. The van der Waals surface area contributed by atoms with Crippen molar-refractivity contribution in [3.05, 3.63) is 72.0 Å². The quantitative estimate of drug-likeness (QED) is 0.275. The molecule has 2 aromatic carbocycles. The molecule has 2 aromatic heterocycles. The van der Waals surface area contributed by atoms with Gasteiger partial charge in [-0.1, -0.05) is 6.07 Å². The van der Waals surface area contributed by atoms with Gasteiger partial charge < -0.3 is 24.5 Å². The molecule has 2 amide bonds. The smallest absolute Gasteiger partial charge is 0.291 e. The predicted molar refractivity (Wildman–Crippen MR) is 138 cm³/mol. The number of carbonyl (C=O) groups is 2. The van der Waals surface area contributed by atoms with Gasteiger partial charge in [0.05, 0.1) is 31.4 Å². The van der Waals surface area contributed by atoms with E-state index in [4.69, 9.17) is 13.9 Å². The monoisotopic (exact) mass is 509 g/mol. The van der Waals surface area contributed by atoms with Crippen LogP contribution in [0.2, 0.25) is 0 Å². The van der Waals surface area contributed by atoms with E-state index in [1.165, 1.54) is 29.4 Å². The Morgan fingerprint density at radius 1 is 1.03 bits per heavy atom. The van der Waals surface area contributed by atoms with Crippen molar-refractivity contribution in [2.24, 2.45) is 0 Å². The third kappa shape index (κ3) is 6.03. The highest BCUT2D eigenvalue weighted by Crippen LogP contribution is 2.34. The standard InChI is InChI=1S/C25H23N3O5S2/c1-15(35-18-7-4-6-17(13-18)26-24(30)21-8-5-11-33-21)23(29)28-25-27-19(14-34-25)16-9-10-20(31-2)22(12-16)32-3/h4-15H,1-3H3,(H,26,30)(H,27,28,29). The van der Waals surface area contributed by atoms with Gasteiger partial charge in [-0.15, -0.1) is 23.1 Å². The van der Waals surface area contributed by atoms with E-state index in [0.29, 0.717) is 22.3 Å². The molecule has 0 aliphatic rings.